The van der Waals surface area contributed by atoms with Gasteiger partial charge in [-0.3, -0.25) is 4.79 Å². The molecular formula is C21H22ClN3O. The molecule has 134 valence electrons. The van der Waals surface area contributed by atoms with E-state index in [4.69, 9.17) is 11.6 Å². The molecule has 1 aromatic heterocycles. The van der Waals surface area contributed by atoms with Crippen LogP contribution in [-0.2, 0) is 6.54 Å². The van der Waals surface area contributed by atoms with Crippen molar-refractivity contribution in [3.63, 3.8) is 0 Å². The number of halogens is 1. The maximum absolute atomic E-state index is 12.8. The molecule has 0 fully saturated rings. The third-order valence-electron chi connectivity index (χ3n) is 4.38. The highest BCUT2D eigenvalue weighted by Crippen LogP contribution is 2.24. The fourth-order valence-electron chi connectivity index (χ4n) is 2.92. The molecule has 5 heteroatoms. The van der Waals surface area contributed by atoms with Gasteiger partial charge >= 0.3 is 0 Å². The lowest BCUT2D eigenvalue weighted by Gasteiger charge is -2.09. The fraction of sp³-hybridized carbons (Fsp3) is 0.238. The Morgan fingerprint density at radius 3 is 2.35 bits per heavy atom. The number of carbonyl (C=O) groups excluding carboxylic acids is 1. The minimum atomic E-state index is -0.241. The van der Waals surface area contributed by atoms with E-state index in [0.717, 1.165) is 22.4 Å². The van der Waals surface area contributed by atoms with Crippen LogP contribution in [0.3, 0.4) is 0 Å². The van der Waals surface area contributed by atoms with Gasteiger partial charge in [0.15, 0.2) is 0 Å². The smallest absolute Gasteiger partial charge is 0.260 e. The molecule has 0 saturated heterocycles. The second-order valence-corrected chi connectivity index (χ2v) is 7.02. The van der Waals surface area contributed by atoms with Gasteiger partial charge in [-0.25, -0.2) is 4.68 Å². The van der Waals surface area contributed by atoms with Crippen molar-refractivity contribution in [2.24, 2.45) is 0 Å². The molecule has 0 aliphatic rings. The summed E-state index contributed by atoms with van der Waals surface area (Å²) in [4.78, 5) is 12.8. The molecular weight excluding hydrogens is 346 g/mol. The van der Waals surface area contributed by atoms with E-state index < -0.39 is 0 Å². The number of amides is 1. The predicted octanol–water partition coefficient (Wildman–Crippen LogP) is 5.07. The number of nitrogens with one attached hydrogen (secondary N) is 1. The molecule has 3 rings (SSSR count). The normalized spacial score (nSPS) is 10.8. The van der Waals surface area contributed by atoms with Gasteiger partial charge in [0.2, 0.25) is 0 Å². The summed E-state index contributed by atoms with van der Waals surface area (Å²) in [5.74, 6) is -0.241. The first kappa shape index (κ1) is 18.2. The Morgan fingerprint density at radius 2 is 1.69 bits per heavy atom. The SMILES string of the molecule is Cc1ccc(Cn2nc(C)c(C(=O)Nc3ccc(C)cc3C)c2Cl)cc1. The first-order valence-electron chi connectivity index (χ1n) is 8.52. The van der Waals surface area contributed by atoms with Crippen molar-refractivity contribution in [1.82, 2.24) is 9.78 Å². The van der Waals surface area contributed by atoms with Crippen molar-refractivity contribution in [2.45, 2.75) is 34.2 Å². The van der Waals surface area contributed by atoms with Crippen molar-refractivity contribution in [2.75, 3.05) is 5.32 Å². The first-order valence-corrected chi connectivity index (χ1v) is 8.90. The quantitative estimate of drug-likeness (QED) is 0.699. The van der Waals surface area contributed by atoms with Gasteiger partial charge in [-0.15, -0.1) is 0 Å². The monoisotopic (exact) mass is 367 g/mol. The lowest BCUT2D eigenvalue weighted by Crippen LogP contribution is -2.14. The molecule has 3 aromatic rings. The molecule has 0 unspecified atom stereocenters. The summed E-state index contributed by atoms with van der Waals surface area (Å²) in [5, 5.41) is 7.75. The van der Waals surface area contributed by atoms with Gasteiger partial charge in [-0.1, -0.05) is 59.1 Å². The van der Waals surface area contributed by atoms with Crippen molar-refractivity contribution in [3.05, 3.63) is 81.1 Å². The average molecular weight is 368 g/mol. The largest absolute Gasteiger partial charge is 0.322 e. The Bertz CT molecular complexity index is 958. The maximum Gasteiger partial charge on any atom is 0.260 e. The minimum Gasteiger partial charge on any atom is -0.322 e. The zero-order valence-corrected chi connectivity index (χ0v) is 16.2. The van der Waals surface area contributed by atoms with Crippen LogP contribution in [0.15, 0.2) is 42.5 Å². The molecule has 0 aliphatic heterocycles. The summed E-state index contributed by atoms with van der Waals surface area (Å²) in [6.07, 6.45) is 0. The molecule has 1 amide bonds. The van der Waals surface area contributed by atoms with Crippen LogP contribution in [0, 0.1) is 27.7 Å². The van der Waals surface area contributed by atoms with Crippen molar-refractivity contribution >= 4 is 23.2 Å². The van der Waals surface area contributed by atoms with Gasteiger partial charge < -0.3 is 5.32 Å². The number of aromatic nitrogens is 2. The summed E-state index contributed by atoms with van der Waals surface area (Å²) in [5.41, 5.74) is 6.26. The van der Waals surface area contributed by atoms with Crippen molar-refractivity contribution in [1.29, 1.82) is 0 Å². The minimum absolute atomic E-state index is 0.241. The van der Waals surface area contributed by atoms with Crippen LogP contribution in [0.4, 0.5) is 5.69 Å². The molecule has 0 atom stereocenters. The Labute approximate surface area is 158 Å². The molecule has 0 saturated carbocycles. The van der Waals surface area contributed by atoms with E-state index in [1.165, 1.54) is 5.56 Å². The zero-order chi connectivity index (χ0) is 18.8. The van der Waals surface area contributed by atoms with Crippen LogP contribution in [0.2, 0.25) is 5.15 Å². The third kappa shape index (κ3) is 3.81. The summed E-state index contributed by atoms with van der Waals surface area (Å²) in [6.45, 7) is 8.36. The van der Waals surface area contributed by atoms with E-state index in [1.54, 1.807) is 11.6 Å². The Morgan fingerprint density at radius 1 is 1.04 bits per heavy atom. The molecule has 0 radical (unpaired) electrons. The summed E-state index contributed by atoms with van der Waals surface area (Å²) >= 11 is 6.48. The van der Waals surface area contributed by atoms with Crippen LogP contribution >= 0.6 is 11.6 Å². The molecule has 1 N–H and O–H groups in total. The number of benzene rings is 2. The van der Waals surface area contributed by atoms with Crippen LogP contribution in [0.5, 0.6) is 0 Å². The highest BCUT2D eigenvalue weighted by atomic mass is 35.5. The molecule has 26 heavy (non-hydrogen) atoms. The van der Waals surface area contributed by atoms with Gasteiger partial charge in [0, 0.05) is 5.69 Å². The van der Waals surface area contributed by atoms with Gasteiger partial charge in [-0.05, 0) is 44.9 Å². The van der Waals surface area contributed by atoms with E-state index in [2.05, 4.69) is 10.4 Å². The van der Waals surface area contributed by atoms with E-state index in [-0.39, 0.29) is 5.91 Å². The molecule has 4 nitrogen and oxygen atoms in total. The highest BCUT2D eigenvalue weighted by Gasteiger charge is 2.21. The standard InChI is InChI=1S/C21H22ClN3O/c1-13-5-8-17(9-6-13)12-25-20(22)19(16(4)24-25)21(26)23-18-10-7-14(2)11-15(18)3/h5-11H,12H2,1-4H3,(H,23,26). The average Bonchev–Trinajstić information content (AvgIpc) is 2.86. The highest BCUT2D eigenvalue weighted by molar-refractivity contribution is 6.33. The number of hydrogen-bond donors (Lipinski definition) is 1. The van der Waals surface area contributed by atoms with Crippen LogP contribution in [-0.4, -0.2) is 15.7 Å². The first-order chi connectivity index (χ1) is 12.3. The van der Waals surface area contributed by atoms with Gasteiger partial charge in [0.05, 0.1) is 17.8 Å². The zero-order valence-electron chi connectivity index (χ0n) is 15.4. The van der Waals surface area contributed by atoms with Crippen LogP contribution in [0.25, 0.3) is 0 Å². The van der Waals surface area contributed by atoms with E-state index >= 15 is 0 Å². The Hall–Kier alpha value is -2.59. The number of aryl methyl sites for hydroxylation is 4. The molecule has 2 aromatic carbocycles. The number of rotatable bonds is 4. The Balaban J connectivity index is 1.84. The van der Waals surface area contributed by atoms with E-state index in [1.807, 2.05) is 63.2 Å². The summed E-state index contributed by atoms with van der Waals surface area (Å²) < 4.78 is 1.67. The summed E-state index contributed by atoms with van der Waals surface area (Å²) in [7, 11) is 0. The van der Waals surface area contributed by atoms with E-state index in [9.17, 15) is 4.79 Å². The van der Waals surface area contributed by atoms with E-state index in [0.29, 0.717) is 23.0 Å². The third-order valence-corrected chi connectivity index (χ3v) is 4.76. The molecule has 1 heterocycles. The fourth-order valence-corrected chi connectivity index (χ4v) is 3.24. The van der Waals surface area contributed by atoms with Crippen molar-refractivity contribution < 1.29 is 4.79 Å². The second-order valence-electron chi connectivity index (χ2n) is 6.67. The molecule has 0 aliphatic carbocycles. The van der Waals surface area contributed by atoms with Gasteiger partial charge in [0.25, 0.3) is 5.91 Å². The van der Waals surface area contributed by atoms with Gasteiger partial charge in [0.1, 0.15) is 5.15 Å². The number of carbonyl (C=O) groups is 1. The maximum atomic E-state index is 12.8. The summed E-state index contributed by atoms with van der Waals surface area (Å²) in [6, 6.07) is 14.1. The lowest BCUT2D eigenvalue weighted by molar-refractivity contribution is 0.102. The second kappa shape index (κ2) is 7.34. The predicted molar refractivity (Wildman–Crippen MR) is 106 cm³/mol. The number of nitrogens with zero attached hydrogens (tertiary/aromatic N) is 2. The van der Waals surface area contributed by atoms with Crippen LogP contribution in [0.1, 0.15) is 38.3 Å². The lowest BCUT2D eigenvalue weighted by atomic mass is 10.1. The molecule has 0 bridgehead atoms. The number of hydrogen-bond acceptors (Lipinski definition) is 2. The number of anilines is 1. The molecule has 0 spiro atoms. The topological polar surface area (TPSA) is 46.9 Å². The van der Waals surface area contributed by atoms with Crippen LogP contribution < -0.4 is 5.32 Å². The van der Waals surface area contributed by atoms with Crippen molar-refractivity contribution in [3.8, 4) is 0 Å². The Kier molecular flexibility index (Phi) is 5.14. The van der Waals surface area contributed by atoms with Gasteiger partial charge in [-0.2, -0.15) is 5.10 Å².